The van der Waals surface area contributed by atoms with Crippen LogP contribution >= 0.6 is 0 Å². The first-order valence-corrected chi connectivity index (χ1v) is 7.33. The minimum Gasteiger partial charge on any atom is -0.461 e. The molecule has 0 fully saturated rings. The number of hydrogen-bond acceptors (Lipinski definition) is 2. The highest BCUT2D eigenvalue weighted by atomic mass is 19.4. The number of ether oxygens (including phenoxy) is 1. The van der Waals surface area contributed by atoms with Crippen LogP contribution in [0.2, 0.25) is 0 Å². The van der Waals surface area contributed by atoms with Crippen LogP contribution in [-0.4, -0.2) is 17.6 Å². The summed E-state index contributed by atoms with van der Waals surface area (Å²) in [5, 5.41) is 0. The maximum absolute atomic E-state index is 12.5. The van der Waals surface area contributed by atoms with Crippen molar-refractivity contribution >= 4 is 5.97 Å². The zero-order valence-corrected chi connectivity index (χ0v) is 13.0. The third kappa shape index (κ3) is 4.15. The summed E-state index contributed by atoms with van der Waals surface area (Å²) in [5.74, 6) is -0.397. The van der Waals surface area contributed by atoms with E-state index in [1.807, 2.05) is 6.92 Å². The number of esters is 1. The molecule has 1 aromatic heterocycles. The van der Waals surface area contributed by atoms with Crippen LogP contribution in [0, 0.1) is 6.92 Å². The van der Waals surface area contributed by atoms with Gasteiger partial charge in [0.15, 0.2) is 0 Å². The molecular formula is C17H18F3NO2. The topological polar surface area (TPSA) is 42.1 Å². The van der Waals surface area contributed by atoms with Gasteiger partial charge in [0.25, 0.3) is 0 Å². The normalized spacial score (nSPS) is 11.5. The third-order valence-corrected chi connectivity index (χ3v) is 3.69. The standard InChI is InChI=1S/C17H18F3NO2/c1-3-23-16(22)15-11(2)13(10-21-15)7-4-12-5-8-14(9-6-12)17(18,19)20/h5-6,8-10,21H,3-4,7H2,1-2H3. The molecule has 0 aliphatic rings. The molecule has 1 heterocycles. The average molecular weight is 325 g/mol. The van der Waals surface area contributed by atoms with Crippen molar-refractivity contribution in [1.29, 1.82) is 0 Å². The lowest BCUT2D eigenvalue weighted by Crippen LogP contribution is -2.06. The number of aromatic nitrogens is 1. The molecule has 0 saturated carbocycles. The second-order valence-corrected chi connectivity index (χ2v) is 5.23. The van der Waals surface area contributed by atoms with E-state index in [2.05, 4.69) is 4.98 Å². The predicted octanol–water partition coefficient (Wildman–Crippen LogP) is 4.30. The van der Waals surface area contributed by atoms with Crippen molar-refractivity contribution in [2.24, 2.45) is 0 Å². The first-order chi connectivity index (χ1) is 10.8. The Morgan fingerprint density at radius 3 is 2.39 bits per heavy atom. The number of carbonyl (C=O) groups is 1. The van der Waals surface area contributed by atoms with Gasteiger partial charge in [-0.2, -0.15) is 13.2 Å². The fourth-order valence-electron chi connectivity index (χ4n) is 2.35. The van der Waals surface area contributed by atoms with Crippen LogP contribution in [0.15, 0.2) is 30.5 Å². The summed E-state index contributed by atoms with van der Waals surface area (Å²) in [6, 6.07) is 5.14. The van der Waals surface area contributed by atoms with Gasteiger partial charge in [-0.1, -0.05) is 12.1 Å². The maximum Gasteiger partial charge on any atom is 0.416 e. The highest BCUT2D eigenvalue weighted by molar-refractivity contribution is 5.89. The van der Waals surface area contributed by atoms with Crippen LogP contribution in [0.5, 0.6) is 0 Å². The van der Waals surface area contributed by atoms with E-state index in [9.17, 15) is 18.0 Å². The molecule has 0 amide bonds. The Morgan fingerprint density at radius 2 is 1.83 bits per heavy atom. The second kappa shape index (κ2) is 6.89. The lowest BCUT2D eigenvalue weighted by atomic mass is 10.0. The number of nitrogens with one attached hydrogen (secondary N) is 1. The Hall–Kier alpha value is -2.24. The summed E-state index contributed by atoms with van der Waals surface area (Å²) >= 11 is 0. The minimum absolute atomic E-state index is 0.304. The molecule has 0 saturated heterocycles. The second-order valence-electron chi connectivity index (χ2n) is 5.23. The van der Waals surface area contributed by atoms with Gasteiger partial charge in [-0.3, -0.25) is 0 Å². The minimum atomic E-state index is -4.32. The molecule has 1 aromatic carbocycles. The van der Waals surface area contributed by atoms with Crippen LogP contribution in [0.4, 0.5) is 13.2 Å². The smallest absolute Gasteiger partial charge is 0.416 e. The van der Waals surface area contributed by atoms with Crippen molar-refractivity contribution in [1.82, 2.24) is 4.98 Å². The van der Waals surface area contributed by atoms with E-state index in [4.69, 9.17) is 4.74 Å². The quantitative estimate of drug-likeness (QED) is 0.833. The summed E-state index contributed by atoms with van der Waals surface area (Å²) in [7, 11) is 0. The van der Waals surface area contributed by atoms with E-state index in [1.54, 1.807) is 13.1 Å². The van der Waals surface area contributed by atoms with Crippen molar-refractivity contribution in [2.45, 2.75) is 32.9 Å². The predicted molar refractivity (Wildman–Crippen MR) is 80.3 cm³/mol. The van der Waals surface area contributed by atoms with Gasteiger partial charge in [0.2, 0.25) is 0 Å². The molecule has 0 radical (unpaired) electrons. The van der Waals surface area contributed by atoms with Gasteiger partial charge in [0.05, 0.1) is 12.2 Å². The van der Waals surface area contributed by atoms with Crippen LogP contribution < -0.4 is 0 Å². The largest absolute Gasteiger partial charge is 0.461 e. The number of rotatable bonds is 5. The molecule has 2 rings (SSSR count). The maximum atomic E-state index is 12.5. The number of carbonyl (C=O) groups excluding carboxylic acids is 1. The van der Waals surface area contributed by atoms with Gasteiger partial charge >= 0.3 is 12.1 Å². The zero-order chi connectivity index (χ0) is 17.0. The van der Waals surface area contributed by atoms with Gasteiger partial charge in [0, 0.05) is 6.20 Å². The van der Waals surface area contributed by atoms with Gasteiger partial charge in [-0.05, 0) is 55.5 Å². The van der Waals surface area contributed by atoms with Gasteiger partial charge in [0.1, 0.15) is 5.69 Å². The first kappa shape index (κ1) is 17.1. The van der Waals surface area contributed by atoms with Crippen LogP contribution in [0.1, 0.15) is 39.7 Å². The monoisotopic (exact) mass is 325 g/mol. The highest BCUT2D eigenvalue weighted by Gasteiger charge is 2.29. The Kier molecular flexibility index (Phi) is 5.13. The highest BCUT2D eigenvalue weighted by Crippen LogP contribution is 2.29. The Bertz CT molecular complexity index is 672. The number of benzene rings is 1. The van der Waals surface area contributed by atoms with E-state index in [0.717, 1.165) is 28.8 Å². The van der Waals surface area contributed by atoms with Crippen LogP contribution in [0.3, 0.4) is 0 Å². The molecule has 1 N–H and O–H groups in total. The molecule has 124 valence electrons. The molecule has 0 atom stereocenters. The van der Waals surface area contributed by atoms with E-state index in [1.165, 1.54) is 12.1 Å². The summed E-state index contributed by atoms with van der Waals surface area (Å²) in [6.07, 6.45) is -1.35. The molecule has 23 heavy (non-hydrogen) atoms. The van der Waals surface area contributed by atoms with E-state index < -0.39 is 17.7 Å². The van der Waals surface area contributed by atoms with Crippen molar-refractivity contribution in [3.05, 3.63) is 58.4 Å². The average Bonchev–Trinajstić information content (AvgIpc) is 2.86. The van der Waals surface area contributed by atoms with E-state index in [-0.39, 0.29) is 0 Å². The van der Waals surface area contributed by atoms with Crippen molar-refractivity contribution in [2.75, 3.05) is 6.61 Å². The van der Waals surface area contributed by atoms with Crippen molar-refractivity contribution in [3.8, 4) is 0 Å². The molecule has 0 aliphatic heterocycles. The van der Waals surface area contributed by atoms with Crippen LogP contribution in [-0.2, 0) is 23.8 Å². The van der Waals surface area contributed by atoms with Gasteiger partial charge in [-0.15, -0.1) is 0 Å². The lowest BCUT2D eigenvalue weighted by molar-refractivity contribution is -0.137. The molecule has 6 heteroatoms. The molecular weight excluding hydrogens is 307 g/mol. The third-order valence-electron chi connectivity index (χ3n) is 3.69. The van der Waals surface area contributed by atoms with Crippen LogP contribution in [0.25, 0.3) is 0 Å². The summed E-state index contributed by atoms with van der Waals surface area (Å²) < 4.78 is 42.5. The van der Waals surface area contributed by atoms with Gasteiger partial charge in [-0.25, -0.2) is 4.79 Å². The van der Waals surface area contributed by atoms with E-state index in [0.29, 0.717) is 25.1 Å². The number of H-pyrrole nitrogens is 1. The fraction of sp³-hybridized carbons (Fsp3) is 0.353. The molecule has 0 bridgehead atoms. The zero-order valence-electron chi connectivity index (χ0n) is 13.0. The number of aryl methyl sites for hydroxylation is 2. The number of aromatic amines is 1. The number of hydrogen-bond donors (Lipinski definition) is 1. The Labute approximate surface area is 132 Å². The Morgan fingerprint density at radius 1 is 1.17 bits per heavy atom. The Balaban J connectivity index is 2.03. The van der Waals surface area contributed by atoms with Crippen molar-refractivity contribution in [3.63, 3.8) is 0 Å². The number of alkyl halides is 3. The molecule has 0 unspecified atom stereocenters. The molecule has 3 nitrogen and oxygen atoms in total. The lowest BCUT2D eigenvalue weighted by Gasteiger charge is -2.07. The summed E-state index contributed by atoms with van der Waals surface area (Å²) in [5.41, 5.74) is 2.36. The molecule has 2 aromatic rings. The summed E-state index contributed by atoms with van der Waals surface area (Å²) in [4.78, 5) is 14.6. The SMILES string of the molecule is CCOC(=O)c1[nH]cc(CCc2ccc(C(F)(F)F)cc2)c1C. The fourth-order valence-corrected chi connectivity index (χ4v) is 2.35. The number of halogens is 3. The van der Waals surface area contributed by atoms with E-state index >= 15 is 0 Å². The molecule has 0 spiro atoms. The first-order valence-electron chi connectivity index (χ1n) is 7.33. The molecule has 0 aliphatic carbocycles. The summed E-state index contributed by atoms with van der Waals surface area (Å²) in [6.45, 7) is 3.87. The van der Waals surface area contributed by atoms with Crippen molar-refractivity contribution < 1.29 is 22.7 Å². The van der Waals surface area contributed by atoms with Gasteiger partial charge < -0.3 is 9.72 Å².